The van der Waals surface area contributed by atoms with Crippen LogP contribution in [-0.4, -0.2) is 6.10 Å². The van der Waals surface area contributed by atoms with Crippen LogP contribution in [0, 0.1) is 0 Å². The Hall–Kier alpha value is -2.29. The normalized spacial score (nSPS) is 11.3. The summed E-state index contributed by atoms with van der Waals surface area (Å²) in [5, 5.41) is 1.15. The van der Waals surface area contributed by atoms with Gasteiger partial charge in [-0.2, -0.15) is 0 Å². The monoisotopic (exact) mass is 254 g/mol. The lowest BCUT2D eigenvalue weighted by Gasteiger charge is -2.10. The number of para-hydroxylation sites is 1. The average Bonchev–Trinajstić information content (AvgIpc) is 2.39. The van der Waals surface area contributed by atoms with Crippen LogP contribution in [-0.2, 0) is 0 Å². The quantitative estimate of drug-likeness (QED) is 0.654. The van der Waals surface area contributed by atoms with Crippen molar-refractivity contribution in [2.24, 2.45) is 0 Å². The van der Waals surface area contributed by atoms with E-state index in [0.29, 0.717) is 27.7 Å². The second-order valence-corrected chi connectivity index (χ2v) is 4.75. The molecule has 0 saturated carbocycles. The molecule has 0 aliphatic rings. The van der Waals surface area contributed by atoms with Crippen molar-refractivity contribution in [1.29, 1.82) is 0 Å². The highest BCUT2D eigenvalue weighted by molar-refractivity contribution is 5.90. The highest BCUT2D eigenvalue weighted by Crippen LogP contribution is 2.23. The number of benzene rings is 2. The van der Waals surface area contributed by atoms with E-state index >= 15 is 0 Å². The highest BCUT2D eigenvalue weighted by Gasteiger charge is 2.08. The van der Waals surface area contributed by atoms with Crippen LogP contribution < -0.4 is 10.2 Å². The maximum absolute atomic E-state index is 12.4. The number of hydrogen-bond acceptors (Lipinski definition) is 3. The summed E-state index contributed by atoms with van der Waals surface area (Å²) in [6, 6.07) is 12.6. The Bertz CT molecular complexity index is 800. The van der Waals surface area contributed by atoms with Gasteiger partial charge >= 0.3 is 0 Å². The van der Waals surface area contributed by atoms with E-state index in [9.17, 15) is 4.79 Å². The summed E-state index contributed by atoms with van der Waals surface area (Å²) in [6.45, 7) is 3.90. The largest absolute Gasteiger partial charge is 0.491 e. The molecular formula is C16H14O3. The maximum atomic E-state index is 12.4. The van der Waals surface area contributed by atoms with Crippen LogP contribution in [0.25, 0.3) is 21.9 Å². The van der Waals surface area contributed by atoms with Crippen LogP contribution in [0.4, 0.5) is 0 Å². The van der Waals surface area contributed by atoms with Crippen LogP contribution >= 0.6 is 0 Å². The minimum atomic E-state index is -0.0222. The van der Waals surface area contributed by atoms with Crippen molar-refractivity contribution in [2.45, 2.75) is 20.0 Å². The molecule has 2 aromatic carbocycles. The number of fused-ring (bicyclic) bond motifs is 2. The summed E-state index contributed by atoms with van der Waals surface area (Å²) in [5.41, 5.74) is 1.17. The second kappa shape index (κ2) is 4.43. The molecule has 0 aliphatic heterocycles. The number of rotatable bonds is 2. The van der Waals surface area contributed by atoms with Crippen molar-refractivity contribution in [2.75, 3.05) is 0 Å². The maximum Gasteiger partial charge on any atom is 0.200 e. The predicted molar refractivity (Wildman–Crippen MR) is 75.8 cm³/mol. The molecule has 3 nitrogen and oxygen atoms in total. The zero-order valence-electron chi connectivity index (χ0n) is 10.8. The minimum Gasteiger partial charge on any atom is -0.491 e. The summed E-state index contributed by atoms with van der Waals surface area (Å²) in [4.78, 5) is 12.4. The molecule has 0 saturated heterocycles. The van der Waals surface area contributed by atoms with E-state index < -0.39 is 0 Å². The number of ether oxygens (including phenoxy) is 1. The molecule has 1 heterocycles. The van der Waals surface area contributed by atoms with E-state index in [1.807, 2.05) is 32.0 Å². The first kappa shape index (κ1) is 11.8. The average molecular weight is 254 g/mol. The van der Waals surface area contributed by atoms with Crippen LogP contribution in [0.15, 0.2) is 51.7 Å². The molecule has 0 amide bonds. The van der Waals surface area contributed by atoms with E-state index in [1.165, 1.54) is 0 Å². The van der Waals surface area contributed by atoms with E-state index in [4.69, 9.17) is 9.15 Å². The van der Waals surface area contributed by atoms with Crippen molar-refractivity contribution < 1.29 is 9.15 Å². The lowest BCUT2D eigenvalue weighted by atomic mass is 10.1. The molecule has 0 N–H and O–H groups in total. The van der Waals surface area contributed by atoms with Crippen LogP contribution in [0.3, 0.4) is 0 Å². The standard InChI is InChI=1S/C16H14O3/c1-10(2)18-11-7-8-15-13(9-11)16(17)12-5-3-4-6-14(12)19-15/h3-10H,1-2H3. The van der Waals surface area contributed by atoms with Crippen LogP contribution in [0.1, 0.15) is 13.8 Å². The van der Waals surface area contributed by atoms with Crippen molar-refractivity contribution in [3.63, 3.8) is 0 Å². The molecule has 0 aliphatic carbocycles. The van der Waals surface area contributed by atoms with E-state index in [2.05, 4.69) is 0 Å². The Morgan fingerprint density at radius 1 is 1.00 bits per heavy atom. The molecule has 0 spiro atoms. The van der Waals surface area contributed by atoms with Crippen molar-refractivity contribution in [3.8, 4) is 5.75 Å². The molecule has 0 radical (unpaired) electrons. The highest BCUT2D eigenvalue weighted by atomic mass is 16.5. The van der Waals surface area contributed by atoms with Gasteiger partial charge in [-0.3, -0.25) is 4.79 Å². The molecule has 0 unspecified atom stereocenters. The van der Waals surface area contributed by atoms with Crippen molar-refractivity contribution >= 4 is 21.9 Å². The lowest BCUT2D eigenvalue weighted by molar-refractivity contribution is 0.242. The van der Waals surface area contributed by atoms with Gasteiger partial charge in [-0.1, -0.05) is 12.1 Å². The Balaban J connectivity index is 2.30. The van der Waals surface area contributed by atoms with Gasteiger partial charge in [-0.25, -0.2) is 0 Å². The van der Waals surface area contributed by atoms with Gasteiger partial charge in [0.2, 0.25) is 5.43 Å². The summed E-state index contributed by atoms with van der Waals surface area (Å²) in [7, 11) is 0. The molecule has 0 atom stereocenters. The van der Waals surface area contributed by atoms with Gasteiger partial charge < -0.3 is 9.15 Å². The lowest BCUT2D eigenvalue weighted by Crippen LogP contribution is -2.07. The molecule has 96 valence electrons. The Kier molecular flexibility index (Phi) is 2.75. The molecule has 3 rings (SSSR count). The molecule has 1 aromatic heterocycles. The Morgan fingerprint density at radius 3 is 2.53 bits per heavy atom. The van der Waals surface area contributed by atoms with Gasteiger partial charge in [0.05, 0.1) is 16.9 Å². The Morgan fingerprint density at radius 2 is 1.74 bits per heavy atom. The molecule has 0 bridgehead atoms. The third kappa shape index (κ3) is 2.08. The first-order valence-corrected chi connectivity index (χ1v) is 6.27. The zero-order chi connectivity index (χ0) is 13.4. The topological polar surface area (TPSA) is 39.4 Å². The smallest absolute Gasteiger partial charge is 0.200 e. The summed E-state index contributed by atoms with van der Waals surface area (Å²) in [6.07, 6.45) is 0.0740. The van der Waals surface area contributed by atoms with Gasteiger partial charge in [-0.05, 0) is 44.2 Å². The Labute approximate surface area is 110 Å². The fourth-order valence-electron chi connectivity index (χ4n) is 2.13. The molecule has 0 fully saturated rings. The van der Waals surface area contributed by atoms with Gasteiger partial charge in [-0.15, -0.1) is 0 Å². The summed E-state index contributed by atoms with van der Waals surface area (Å²) >= 11 is 0. The van der Waals surface area contributed by atoms with Gasteiger partial charge in [0.25, 0.3) is 0 Å². The van der Waals surface area contributed by atoms with Crippen LogP contribution in [0.2, 0.25) is 0 Å². The third-order valence-electron chi connectivity index (χ3n) is 2.92. The SMILES string of the molecule is CC(C)Oc1ccc2oc3ccccc3c(=O)c2c1. The number of hydrogen-bond donors (Lipinski definition) is 0. The fourth-order valence-corrected chi connectivity index (χ4v) is 2.13. The summed E-state index contributed by atoms with van der Waals surface area (Å²) in [5.74, 6) is 0.685. The first-order chi connectivity index (χ1) is 9.15. The molecule has 3 aromatic rings. The van der Waals surface area contributed by atoms with E-state index in [0.717, 1.165) is 0 Å². The fraction of sp³-hybridized carbons (Fsp3) is 0.188. The molecular weight excluding hydrogens is 240 g/mol. The van der Waals surface area contributed by atoms with E-state index in [-0.39, 0.29) is 11.5 Å². The van der Waals surface area contributed by atoms with Gasteiger partial charge in [0.1, 0.15) is 16.9 Å². The summed E-state index contributed by atoms with van der Waals surface area (Å²) < 4.78 is 11.3. The van der Waals surface area contributed by atoms with Gasteiger partial charge in [0.15, 0.2) is 0 Å². The predicted octanol–water partition coefficient (Wildman–Crippen LogP) is 3.73. The van der Waals surface area contributed by atoms with Crippen molar-refractivity contribution in [1.82, 2.24) is 0 Å². The molecule has 19 heavy (non-hydrogen) atoms. The van der Waals surface area contributed by atoms with Gasteiger partial charge in [0, 0.05) is 0 Å². The van der Waals surface area contributed by atoms with E-state index in [1.54, 1.807) is 24.3 Å². The first-order valence-electron chi connectivity index (χ1n) is 6.27. The minimum absolute atomic E-state index is 0.0222. The molecule has 3 heteroatoms. The third-order valence-corrected chi connectivity index (χ3v) is 2.92. The zero-order valence-corrected chi connectivity index (χ0v) is 10.8. The van der Waals surface area contributed by atoms with Crippen molar-refractivity contribution in [3.05, 3.63) is 52.7 Å². The van der Waals surface area contributed by atoms with Crippen LogP contribution in [0.5, 0.6) is 5.75 Å². The second-order valence-electron chi connectivity index (χ2n) is 4.75.